The molecule has 4 unspecified atom stereocenters. The summed E-state index contributed by atoms with van der Waals surface area (Å²) in [5, 5.41) is 50.7. The van der Waals surface area contributed by atoms with Gasteiger partial charge in [0.15, 0.2) is 23.0 Å². The third-order valence-corrected chi connectivity index (χ3v) is 14.5. The molecule has 5 N–H and O–H groups in total. The number of nitrogens with zero attached hydrogens (tertiary/aromatic N) is 2. The van der Waals surface area contributed by atoms with E-state index in [1.807, 2.05) is 48.5 Å². The Morgan fingerprint density at radius 1 is 0.557 bits per heavy atom. The van der Waals surface area contributed by atoms with Crippen LogP contribution in [-0.2, 0) is 77.8 Å². The molecule has 2 aliphatic rings. The van der Waals surface area contributed by atoms with E-state index in [0.29, 0.717) is 111 Å². The Balaban J connectivity index is 1.07. The maximum absolute atomic E-state index is 12.9. The van der Waals surface area contributed by atoms with Crippen molar-refractivity contribution in [3.05, 3.63) is 122 Å². The molecule has 380 valence electrons. The standard InChI is InChI=1S/C54H72N2O14/c1-55(18-14-37-28-47(64-3)48(65-4)29-43(37)45(55)25-36-23-42(33-60)53(67-6)49(26-36)66-5)16-8-20-69-50(62)12-13-51(63)70-21-9-17-56(2)19-15-38-27-41(32-59)44(34-61)54(68-7)52(38)46(56)24-35-10-11-39(30-57)40(22-35)31-58/h10-13,22-23,26-29,45-46,57-61H,8-9,14-21,24-25,30-34H2,1-7H3/q+2. The van der Waals surface area contributed by atoms with Crippen LogP contribution in [0.1, 0.15) is 86.1 Å². The van der Waals surface area contributed by atoms with Crippen LogP contribution in [0.5, 0.6) is 28.7 Å². The molecule has 0 aromatic heterocycles. The van der Waals surface area contributed by atoms with Crippen LogP contribution in [-0.4, -0.2) is 135 Å². The molecule has 0 saturated heterocycles. The van der Waals surface area contributed by atoms with Crippen molar-refractivity contribution in [1.29, 1.82) is 0 Å². The average Bonchev–Trinajstić information content (AvgIpc) is 3.38. The van der Waals surface area contributed by atoms with Crippen molar-refractivity contribution in [3.8, 4) is 28.7 Å². The lowest BCUT2D eigenvalue weighted by Crippen LogP contribution is -2.53. The highest BCUT2D eigenvalue weighted by Gasteiger charge is 2.43. The van der Waals surface area contributed by atoms with Gasteiger partial charge >= 0.3 is 11.9 Å². The van der Waals surface area contributed by atoms with E-state index in [-0.39, 0.29) is 58.3 Å². The van der Waals surface area contributed by atoms with Gasteiger partial charge in [-0.3, -0.25) is 0 Å². The van der Waals surface area contributed by atoms with Crippen molar-refractivity contribution in [1.82, 2.24) is 0 Å². The lowest BCUT2D eigenvalue weighted by molar-refractivity contribution is -0.941. The highest BCUT2D eigenvalue weighted by atomic mass is 16.5. The minimum Gasteiger partial charge on any atom is -0.496 e. The Bertz CT molecular complexity index is 2470. The molecule has 2 aliphatic heterocycles. The predicted molar refractivity (Wildman–Crippen MR) is 261 cm³/mol. The highest BCUT2D eigenvalue weighted by molar-refractivity contribution is 5.91. The summed E-state index contributed by atoms with van der Waals surface area (Å²) in [6.07, 6.45) is 5.90. The van der Waals surface area contributed by atoms with Crippen molar-refractivity contribution in [3.63, 3.8) is 0 Å². The van der Waals surface area contributed by atoms with Crippen molar-refractivity contribution < 1.29 is 77.2 Å². The van der Waals surface area contributed by atoms with Crippen LogP contribution in [0.15, 0.2) is 60.7 Å². The summed E-state index contributed by atoms with van der Waals surface area (Å²) in [6.45, 7) is 1.94. The first-order chi connectivity index (χ1) is 33.8. The van der Waals surface area contributed by atoms with E-state index in [1.54, 1.807) is 35.5 Å². The van der Waals surface area contributed by atoms with Gasteiger partial charge in [-0.05, 0) is 63.2 Å². The smallest absolute Gasteiger partial charge is 0.331 e. The van der Waals surface area contributed by atoms with Gasteiger partial charge in [0.05, 0.1) is 128 Å². The van der Waals surface area contributed by atoms with E-state index in [9.17, 15) is 35.1 Å². The maximum Gasteiger partial charge on any atom is 0.331 e. The number of aliphatic hydroxyl groups excluding tert-OH is 5. The fraction of sp³-hybridized carbons (Fsp3) is 0.481. The molecule has 0 bridgehead atoms. The number of benzene rings is 4. The summed E-state index contributed by atoms with van der Waals surface area (Å²) in [5.74, 6) is 1.56. The number of quaternary nitrogens is 2. The largest absolute Gasteiger partial charge is 0.496 e. The van der Waals surface area contributed by atoms with Crippen LogP contribution < -0.4 is 23.7 Å². The number of carbonyl (C=O) groups is 2. The first-order valence-electron chi connectivity index (χ1n) is 23.8. The van der Waals surface area contributed by atoms with E-state index in [0.717, 1.165) is 65.0 Å². The van der Waals surface area contributed by atoms with E-state index in [2.05, 4.69) is 14.1 Å². The molecular weight excluding hydrogens is 901 g/mol. The van der Waals surface area contributed by atoms with E-state index >= 15 is 0 Å². The topological polar surface area (TPSA) is 200 Å². The molecule has 0 fully saturated rings. The lowest BCUT2D eigenvalue weighted by Gasteiger charge is -2.46. The summed E-state index contributed by atoms with van der Waals surface area (Å²) < 4.78 is 40.9. The van der Waals surface area contributed by atoms with Gasteiger partial charge in [0.25, 0.3) is 0 Å². The van der Waals surface area contributed by atoms with Crippen molar-refractivity contribution in [2.24, 2.45) is 0 Å². The monoisotopic (exact) mass is 972 g/mol. The zero-order chi connectivity index (χ0) is 50.6. The first-order valence-corrected chi connectivity index (χ1v) is 23.8. The number of hydrogen-bond donors (Lipinski definition) is 5. The second kappa shape index (κ2) is 24.4. The molecule has 2 heterocycles. The zero-order valence-corrected chi connectivity index (χ0v) is 41.8. The highest BCUT2D eigenvalue weighted by Crippen LogP contribution is 2.46. The molecule has 0 saturated carbocycles. The molecule has 4 aromatic carbocycles. The number of esters is 2. The SMILES string of the molecule is COc1cc2c(cc1OC)C(Cc1cc(CO)c(OC)c(OC)c1)[N+](C)(CCCOC(=O)C=CC(=O)OCCC[N+]1(C)CCc3cc(CO)c(CO)c(OC)c3C1Cc1ccc(CO)c(CO)c1)CC2. The summed E-state index contributed by atoms with van der Waals surface area (Å²) in [5.41, 5.74) is 9.26. The van der Waals surface area contributed by atoms with Gasteiger partial charge < -0.3 is 67.7 Å². The van der Waals surface area contributed by atoms with E-state index in [1.165, 1.54) is 0 Å². The van der Waals surface area contributed by atoms with Crippen LogP contribution in [0.2, 0.25) is 0 Å². The maximum atomic E-state index is 12.9. The van der Waals surface area contributed by atoms with Gasteiger partial charge in [-0.25, -0.2) is 9.59 Å². The Hall–Kier alpha value is -5.72. The van der Waals surface area contributed by atoms with Gasteiger partial charge in [-0.2, -0.15) is 0 Å². The molecule has 70 heavy (non-hydrogen) atoms. The predicted octanol–water partition coefficient (Wildman–Crippen LogP) is 4.89. The molecule has 0 radical (unpaired) electrons. The zero-order valence-electron chi connectivity index (χ0n) is 41.8. The van der Waals surface area contributed by atoms with Crippen LogP contribution >= 0.6 is 0 Å². The second-order valence-electron chi connectivity index (χ2n) is 18.6. The van der Waals surface area contributed by atoms with E-state index < -0.39 is 11.9 Å². The fourth-order valence-corrected chi connectivity index (χ4v) is 10.6. The molecule has 0 amide bonds. The number of aliphatic hydroxyl groups is 5. The van der Waals surface area contributed by atoms with Crippen molar-refractivity contribution >= 4 is 11.9 Å². The summed E-state index contributed by atoms with van der Waals surface area (Å²) in [6, 6.07) is 15.4. The quantitative estimate of drug-likeness (QED) is 0.0275. The number of fused-ring (bicyclic) bond motifs is 2. The summed E-state index contributed by atoms with van der Waals surface area (Å²) in [7, 11) is 12.3. The van der Waals surface area contributed by atoms with Gasteiger partial charge in [0, 0.05) is 67.4 Å². The minimum absolute atomic E-state index is 0.0355. The number of likely N-dealkylation sites (N-methyl/N-ethyl adjacent to an activating group) is 2. The van der Waals surface area contributed by atoms with Gasteiger partial charge in [-0.15, -0.1) is 0 Å². The Morgan fingerprint density at radius 3 is 1.66 bits per heavy atom. The Labute approximate surface area is 411 Å². The number of rotatable bonds is 24. The molecule has 4 aromatic rings. The molecule has 16 heteroatoms. The van der Waals surface area contributed by atoms with Crippen molar-refractivity contribution in [2.45, 2.75) is 83.6 Å². The van der Waals surface area contributed by atoms with Crippen LogP contribution in [0.3, 0.4) is 0 Å². The molecule has 16 nitrogen and oxygen atoms in total. The van der Waals surface area contributed by atoms with Crippen LogP contribution in [0, 0.1) is 0 Å². The fourth-order valence-electron chi connectivity index (χ4n) is 10.6. The molecule has 0 spiro atoms. The first kappa shape index (κ1) is 53.6. The van der Waals surface area contributed by atoms with Crippen LogP contribution in [0.4, 0.5) is 0 Å². The lowest BCUT2D eigenvalue weighted by atomic mass is 9.82. The number of hydrogen-bond acceptors (Lipinski definition) is 14. The second-order valence-corrected chi connectivity index (χ2v) is 18.6. The third kappa shape index (κ3) is 11.9. The third-order valence-electron chi connectivity index (χ3n) is 14.5. The number of methoxy groups -OCH3 is 5. The van der Waals surface area contributed by atoms with Gasteiger partial charge in [0.1, 0.15) is 17.8 Å². The minimum atomic E-state index is -0.661. The molecule has 6 rings (SSSR count). The van der Waals surface area contributed by atoms with Crippen molar-refractivity contribution in [2.75, 3.05) is 89.0 Å². The Kier molecular flexibility index (Phi) is 18.7. The van der Waals surface area contributed by atoms with E-state index in [4.69, 9.17) is 33.2 Å². The number of carbonyl (C=O) groups excluding carboxylic acids is 2. The number of ether oxygens (including phenoxy) is 7. The Morgan fingerprint density at radius 2 is 1.10 bits per heavy atom. The van der Waals surface area contributed by atoms with Crippen LogP contribution in [0.25, 0.3) is 0 Å². The van der Waals surface area contributed by atoms with Gasteiger partial charge in [-0.1, -0.05) is 24.3 Å². The summed E-state index contributed by atoms with van der Waals surface area (Å²) in [4.78, 5) is 25.7. The average molecular weight is 973 g/mol. The normalized spacial score (nSPS) is 19.5. The summed E-state index contributed by atoms with van der Waals surface area (Å²) >= 11 is 0. The molecule has 4 atom stereocenters. The molecular formula is C54H72N2O14+2. The van der Waals surface area contributed by atoms with Gasteiger partial charge in [0.2, 0.25) is 0 Å². The molecule has 0 aliphatic carbocycles.